The number of aromatic nitrogens is 4. The molecule has 3 amide bonds. The summed E-state index contributed by atoms with van der Waals surface area (Å²) in [4.78, 5) is 24.5. The lowest BCUT2D eigenvalue weighted by Gasteiger charge is -2.11. The molecule has 0 saturated carbocycles. The molecule has 9 heteroatoms. The van der Waals surface area contributed by atoms with Crippen LogP contribution in [0.25, 0.3) is 11.4 Å². The molecular formula is C14H17BrN6O2. The monoisotopic (exact) mass is 380 g/mol. The molecule has 0 unspecified atom stereocenters. The molecule has 1 aromatic carbocycles. The van der Waals surface area contributed by atoms with E-state index in [1.807, 2.05) is 38.1 Å². The summed E-state index contributed by atoms with van der Waals surface area (Å²) < 4.78 is 0.830. The van der Waals surface area contributed by atoms with Crippen LogP contribution in [0.5, 0.6) is 0 Å². The summed E-state index contributed by atoms with van der Waals surface area (Å²) in [6.45, 7) is 3.60. The van der Waals surface area contributed by atoms with E-state index in [1.54, 1.807) is 0 Å². The topological polar surface area (TPSA) is 102 Å². The first kappa shape index (κ1) is 17.1. The standard InChI is InChI=1S/C14H17BrN6O2/c1-3-9(2)16-14(23)17-12(22)8-21-19-13(18-20-21)10-6-4-5-7-11(10)15/h4-7,9H,3,8H2,1-2H3,(H2,16,17,22,23)/t9-/m0/s1. The highest BCUT2D eigenvalue weighted by Crippen LogP contribution is 2.23. The average Bonchev–Trinajstić information content (AvgIpc) is 2.95. The van der Waals surface area contributed by atoms with Crippen LogP contribution in [-0.4, -0.2) is 38.2 Å². The van der Waals surface area contributed by atoms with Crippen molar-refractivity contribution in [2.24, 2.45) is 0 Å². The zero-order valence-corrected chi connectivity index (χ0v) is 14.4. The number of urea groups is 1. The van der Waals surface area contributed by atoms with Crippen molar-refractivity contribution < 1.29 is 9.59 Å². The van der Waals surface area contributed by atoms with Crippen molar-refractivity contribution >= 4 is 27.9 Å². The van der Waals surface area contributed by atoms with Crippen molar-refractivity contribution in [3.8, 4) is 11.4 Å². The highest BCUT2D eigenvalue weighted by Gasteiger charge is 2.13. The van der Waals surface area contributed by atoms with Gasteiger partial charge in [-0.05, 0) is 30.7 Å². The molecule has 0 aliphatic carbocycles. The van der Waals surface area contributed by atoms with Gasteiger partial charge in [-0.3, -0.25) is 10.1 Å². The maximum Gasteiger partial charge on any atom is 0.321 e. The number of rotatable bonds is 5. The summed E-state index contributed by atoms with van der Waals surface area (Å²) >= 11 is 3.41. The molecule has 0 spiro atoms. The number of imide groups is 1. The molecule has 0 aliphatic heterocycles. The van der Waals surface area contributed by atoms with Crippen LogP contribution in [0.4, 0.5) is 4.79 Å². The van der Waals surface area contributed by atoms with Crippen LogP contribution in [0.1, 0.15) is 20.3 Å². The van der Waals surface area contributed by atoms with Crippen LogP contribution >= 0.6 is 15.9 Å². The fourth-order valence-corrected chi connectivity index (χ4v) is 2.18. The Hall–Kier alpha value is -2.29. The highest BCUT2D eigenvalue weighted by atomic mass is 79.9. The van der Waals surface area contributed by atoms with E-state index in [9.17, 15) is 9.59 Å². The van der Waals surface area contributed by atoms with E-state index in [4.69, 9.17) is 0 Å². The number of hydrogen-bond acceptors (Lipinski definition) is 5. The van der Waals surface area contributed by atoms with E-state index in [0.29, 0.717) is 5.82 Å². The number of tetrazole rings is 1. The smallest absolute Gasteiger partial charge is 0.321 e. The van der Waals surface area contributed by atoms with Gasteiger partial charge in [-0.2, -0.15) is 4.80 Å². The SMILES string of the molecule is CC[C@H](C)NC(=O)NC(=O)Cn1nnc(-c2ccccc2Br)n1. The molecule has 2 aromatic rings. The number of nitrogens with zero attached hydrogens (tertiary/aromatic N) is 4. The average molecular weight is 381 g/mol. The molecule has 1 atom stereocenters. The van der Waals surface area contributed by atoms with Gasteiger partial charge in [0.05, 0.1) is 0 Å². The largest absolute Gasteiger partial charge is 0.335 e. The molecule has 8 nitrogen and oxygen atoms in total. The predicted octanol–water partition coefficient (Wildman–Crippen LogP) is 1.73. The molecule has 0 fully saturated rings. The second kappa shape index (κ2) is 7.82. The molecule has 1 heterocycles. The van der Waals surface area contributed by atoms with E-state index < -0.39 is 11.9 Å². The summed E-state index contributed by atoms with van der Waals surface area (Å²) in [6, 6.07) is 6.89. The van der Waals surface area contributed by atoms with Crippen molar-refractivity contribution in [3.05, 3.63) is 28.7 Å². The Morgan fingerprint density at radius 2 is 2.09 bits per heavy atom. The number of benzene rings is 1. The molecule has 1 aromatic heterocycles. The van der Waals surface area contributed by atoms with Gasteiger partial charge < -0.3 is 5.32 Å². The minimum absolute atomic E-state index is 0.00525. The van der Waals surface area contributed by atoms with Crippen LogP contribution in [0, 0.1) is 0 Å². The molecule has 0 aliphatic rings. The predicted molar refractivity (Wildman–Crippen MR) is 87.4 cm³/mol. The Balaban J connectivity index is 1.95. The van der Waals surface area contributed by atoms with Crippen LogP contribution in [0.2, 0.25) is 0 Å². The van der Waals surface area contributed by atoms with E-state index in [0.717, 1.165) is 21.3 Å². The third-order valence-electron chi connectivity index (χ3n) is 3.10. The van der Waals surface area contributed by atoms with E-state index in [2.05, 4.69) is 42.0 Å². The number of amides is 3. The summed E-state index contributed by atoms with van der Waals surface area (Å²) in [5.74, 6) is -0.115. The summed E-state index contributed by atoms with van der Waals surface area (Å²) in [7, 11) is 0. The first-order valence-corrected chi connectivity index (χ1v) is 7.92. The van der Waals surface area contributed by atoms with Gasteiger partial charge in [-0.15, -0.1) is 10.2 Å². The van der Waals surface area contributed by atoms with Crippen molar-refractivity contribution in [1.82, 2.24) is 30.8 Å². The van der Waals surface area contributed by atoms with E-state index in [-0.39, 0.29) is 12.6 Å². The van der Waals surface area contributed by atoms with Gasteiger partial charge in [0.2, 0.25) is 5.82 Å². The Labute approximate surface area is 141 Å². The molecule has 2 N–H and O–H groups in total. The van der Waals surface area contributed by atoms with Gasteiger partial charge in [0.25, 0.3) is 5.91 Å². The summed E-state index contributed by atoms with van der Waals surface area (Å²) in [6.07, 6.45) is 0.779. The summed E-state index contributed by atoms with van der Waals surface area (Å²) in [5.41, 5.74) is 0.772. The maximum absolute atomic E-state index is 11.8. The van der Waals surface area contributed by atoms with Crippen molar-refractivity contribution in [3.63, 3.8) is 0 Å². The third kappa shape index (κ3) is 4.85. The highest BCUT2D eigenvalue weighted by molar-refractivity contribution is 9.10. The van der Waals surface area contributed by atoms with E-state index >= 15 is 0 Å². The zero-order chi connectivity index (χ0) is 16.8. The first-order valence-electron chi connectivity index (χ1n) is 7.12. The number of hydrogen-bond donors (Lipinski definition) is 2. The minimum Gasteiger partial charge on any atom is -0.335 e. The van der Waals surface area contributed by atoms with Crippen molar-refractivity contribution in [1.29, 1.82) is 0 Å². The molecule has 2 rings (SSSR count). The minimum atomic E-state index is -0.532. The molecule has 0 saturated heterocycles. The van der Waals surface area contributed by atoms with Crippen molar-refractivity contribution in [2.45, 2.75) is 32.9 Å². The lowest BCUT2D eigenvalue weighted by atomic mass is 10.2. The number of halogens is 1. The molecule has 23 heavy (non-hydrogen) atoms. The quantitative estimate of drug-likeness (QED) is 0.821. The Morgan fingerprint density at radius 1 is 1.35 bits per heavy atom. The lowest BCUT2D eigenvalue weighted by Crippen LogP contribution is -2.44. The van der Waals surface area contributed by atoms with Crippen LogP contribution in [-0.2, 0) is 11.3 Å². The van der Waals surface area contributed by atoms with Gasteiger partial charge >= 0.3 is 6.03 Å². The summed E-state index contributed by atoms with van der Waals surface area (Å²) in [5, 5.41) is 16.7. The van der Waals surface area contributed by atoms with Crippen LogP contribution in [0.3, 0.4) is 0 Å². The fraction of sp³-hybridized carbons (Fsp3) is 0.357. The maximum atomic E-state index is 11.8. The first-order chi connectivity index (χ1) is 11.0. The Morgan fingerprint density at radius 3 is 2.78 bits per heavy atom. The molecular weight excluding hydrogens is 364 g/mol. The third-order valence-corrected chi connectivity index (χ3v) is 3.79. The van der Waals surface area contributed by atoms with Crippen LogP contribution < -0.4 is 10.6 Å². The zero-order valence-electron chi connectivity index (χ0n) is 12.8. The van der Waals surface area contributed by atoms with E-state index in [1.165, 1.54) is 0 Å². The molecule has 122 valence electrons. The number of carbonyl (C=O) groups excluding carboxylic acids is 2. The second-order valence-electron chi connectivity index (χ2n) is 4.95. The van der Waals surface area contributed by atoms with Gasteiger partial charge in [0.15, 0.2) is 0 Å². The Bertz CT molecular complexity index is 702. The Kier molecular flexibility index (Phi) is 5.80. The van der Waals surface area contributed by atoms with Gasteiger partial charge in [0, 0.05) is 16.1 Å². The molecule has 0 bridgehead atoms. The lowest BCUT2D eigenvalue weighted by molar-refractivity contribution is -0.121. The number of carbonyl (C=O) groups is 2. The second-order valence-corrected chi connectivity index (χ2v) is 5.81. The fourth-order valence-electron chi connectivity index (χ4n) is 1.72. The van der Waals surface area contributed by atoms with Gasteiger partial charge in [0.1, 0.15) is 6.54 Å². The van der Waals surface area contributed by atoms with Gasteiger partial charge in [-0.25, -0.2) is 4.79 Å². The van der Waals surface area contributed by atoms with Crippen molar-refractivity contribution in [2.75, 3.05) is 0 Å². The van der Waals surface area contributed by atoms with Crippen LogP contribution in [0.15, 0.2) is 28.7 Å². The van der Waals surface area contributed by atoms with Gasteiger partial charge in [-0.1, -0.05) is 35.0 Å². The number of nitrogens with one attached hydrogen (secondary N) is 2. The normalized spacial score (nSPS) is 11.8. The molecule has 0 radical (unpaired) electrons.